The Balaban J connectivity index is 2.24. The molecule has 0 aliphatic carbocycles. The summed E-state index contributed by atoms with van der Waals surface area (Å²) in [6.07, 6.45) is 0.879. The quantitative estimate of drug-likeness (QED) is 0.852. The number of methoxy groups -OCH3 is 1. The van der Waals surface area contributed by atoms with Gasteiger partial charge in [-0.15, -0.1) is 0 Å². The van der Waals surface area contributed by atoms with Crippen molar-refractivity contribution in [3.63, 3.8) is 0 Å². The van der Waals surface area contributed by atoms with Crippen LogP contribution in [-0.2, 0) is 4.74 Å². The summed E-state index contributed by atoms with van der Waals surface area (Å²) in [5.74, 6) is 0.692. The van der Waals surface area contributed by atoms with Crippen molar-refractivity contribution in [3.8, 4) is 5.75 Å². The number of aromatic nitrogens is 2. The maximum absolute atomic E-state index is 12.0. The normalized spacial score (nSPS) is 19.9. The smallest absolute Gasteiger partial charge is 0.326 e. The zero-order valence-corrected chi connectivity index (χ0v) is 9.60. The molecule has 2 aromatic rings. The molecular weight excluding hydrogens is 220 g/mol. The van der Waals surface area contributed by atoms with Gasteiger partial charge >= 0.3 is 5.69 Å². The van der Waals surface area contributed by atoms with E-state index in [9.17, 15) is 4.79 Å². The molecule has 1 N–H and O–H groups in total. The zero-order valence-electron chi connectivity index (χ0n) is 9.60. The van der Waals surface area contributed by atoms with E-state index in [0.29, 0.717) is 19.0 Å². The van der Waals surface area contributed by atoms with Crippen LogP contribution < -0.4 is 10.4 Å². The third-order valence-corrected chi connectivity index (χ3v) is 3.21. The van der Waals surface area contributed by atoms with Gasteiger partial charge in [0.15, 0.2) is 0 Å². The van der Waals surface area contributed by atoms with Gasteiger partial charge in [0, 0.05) is 6.61 Å². The van der Waals surface area contributed by atoms with E-state index in [0.717, 1.165) is 17.5 Å². The number of nitrogens with one attached hydrogen (secondary N) is 1. The number of hydrogen-bond acceptors (Lipinski definition) is 3. The lowest BCUT2D eigenvalue weighted by Gasteiger charge is -2.09. The Morgan fingerprint density at radius 3 is 3.12 bits per heavy atom. The van der Waals surface area contributed by atoms with Crippen molar-refractivity contribution < 1.29 is 9.47 Å². The number of ether oxygens (including phenoxy) is 2. The highest BCUT2D eigenvalue weighted by Gasteiger charge is 2.22. The van der Waals surface area contributed by atoms with Crippen molar-refractivity contribution in [2.45, 2.75) is 12.5 Å². The molecule has 0 radical (unpaired) electrons. The molecule has 5 heteroatoms. The second-order valence-corrected chi connectivity index (χ2v) is 4.17. The number of rotatable bonds is 2. The lowest BCUT2D eigenvalue weighted by molar-refractivity contribution is 0.186. The number of fused-ring (bicyclic) bond motifs is 1. The van der Waals surface area contributed by atoms with Gasteiger partial charge in [0.05, 0.1) is 25.3 Å². The minimum absolute atomic E-state index is 0.0972. The fourth-order valence-corrected chi connectivity index (χ4v) is 2.38. The first-order chi connectivity index (χ1) is 8.31. The molecule has 1 fully saturated rings. The number of nitrogens with zero attached hydrogens (tertiary/aromatic N) is 1. The summed E-state index contributed by atoms with van der Waals surface area (Å²) in [4.78, 5) is 14.8. The summed E-state index contributed by atoms with van der Waals surface area (Å²) < 4.78 is 12.3. The molecule has 17 heavy (non-hydrogen) atoms. The number of hydrogen-bond donors (Lipinski definition) is 1. The Bertz CT molecular complexity index is 593. The summed E-state index contributed by atoms with van der Waals surface area (Å²) in [5, 5.41) is 0. The van der Waals surface area contributed by atoms with E-state index < -0.39 is 0 Å². The SMILES string of the molecule is COc1cccc2c1[nH]c(=O)n2C1CCOC1. The van der Waals surface area contributed by atoms with Crippen molar-refractivity contribution in [2.24, 2.45) is 0 Å². The van der Waals surface area contributed by atoms with E-state index in [4.69, 9.17) is 9.47 Å². The van der Waals surface area contributed by atoms with E-state index in [2.05, 4.69) is 4.98 Å². The molecule has 2 heterocycles. The molecule has 90 valence electrons. The Labute approximate surface area is 98.0 Å². The molecule has 0 bridgehead atoms. The highest BCUT2D eigenvalue weighted by atomic mass is 16.5. The van der Waals surface area contributed by atoms with Crippen LogP contribution in [0.15, 0.2) is 23.0 Å². The molecule has 3 rings (SSSR count). The fraction of sp³-hybridized carbons (Fsp3) is 0.417. The van der Waals surface area contributed by atoms with Crippen LogP contribution in [0, 0.1) is 0 Å². The van der Waals surface area contributed by atoms with Gasteiger partial charge < -0.3 is 14.5 Å². The topological polar surface area (TPSA) is 56.2 Å². The van der Waals surface area contributed by atoms with E-state index in [1.54, 1.807) is 11.7 Å². The molecule has 1 aliphatic heterocycles. The number of benzene rings is 1. The molecule has 1 atom stereocenters. The third-order valence-electron chi connectivity index (χ3n) is 3.21. The lowest BCUT2D eigenvalue weighted by Crippen LogP contribution is -2.22. The summed E-state index contributed by atoms with van der Waals surface area (Å²) >= 11 is 0. The minimum atomic E-state index is -0.0972. The molecule has 1 aromatic carbocycles. The predicted molar refractivity (Wildman–Crippen MR) is 63.6 cm³/mol. The molecule has 1 saturated heterocycles. The molecule has 1 aromatic heterocycles. The van der Waals surface area contributed by atoms with Crippen LogP contribution in [0.4, 0.5) is 0 Å². The van der Waals surface area contributed by atoms with Gasteiger partial charge in [-0.2, -0.15) is 0 Å². The first-order valence-electron chi connectivity index (χ1n) is 5.66. The van der Waals surface area contributed by atoms with Gasteiger partial charge in [-0.25, -0.2) is 4.79 Å². The van der Waals surface area contributed by atoms with Gasteiger partial charge in [-0.3, -0.25) is 4.57 Å². The van der Waals surface area contributed by atoms with Crippen LogP contribution in [0.3, 0.4) is 0 Å². The molecular formula is C12H14N2O3. The number of imidazole rings is 1. The average molecular weight is 234 g/mol. The largest absolute Gasteiger partial charge is 0.494 e. The standard InChI is InChI=1S/C12H14N2O3/c1-16-10-4-2-3-9-11(10)13-12(15)14(9)8-5-6-17-7-8/h2-4,8H,5-7H2,1H3,(H,13,15). The van der Waals surface area contributed by atoms with Gasteiger partial charge in [0.1, 0.15) is 11.3 Å². The fourth-order valence-electron chi connectivity index (χ4n) is 2.38. The molecule has 1 aliphatic rings. The van der Waals surface area contributed by atoms with Gasteiger partial charge in [-0.1, -0.05) is 6.07 Å². The van der Waals surface area contributed by atoms with Crippen LogP contribution >= 0.6 is 0 Å². The van der Waals surface area contributed by atoms with Gasteiger partial charge in [0.25, 0.3) is 0 Å². The summed E-state index contributed by atoms with van der Waals surface area (Å²) in [6, 6.07) is 5.78. The van der Waals surface area contributed by atoms with Crippen molar-refractivity contribution in [1.29, 1.82) is 0 Å². The Morgan fingerprint density at radius 2 is 2.41 bits per heavy atom. The Kier molecular flexibility index (Phi) is 2.40. The van der Waals surface area contributed by atoms with E-state index in [-0.39, 0.29) is 11.7 Å². The first-order valence-corrected chi connectivity index (χ1v) is 5.66. The van der Waals surface area contributed by atoms with Crippen molar-refractivity contribution in [3.05, 3.63) is 28.7 Å². The highest BCUT2D eigenvalue weighted by molar-refractivity contribution is 5.82. The molecule has 0 spiro atoms. The molecule has 1 unspecified atom stereocenters. The first kappa shape index (κ1) is 10.4. The van der Waals surface area contributed by atoms with Crippen LogP contribution in [0.25, 0.3) is 11.0 Å². The highest BCUT2D eigenvalue weighted by Crippen LogP contribution is 2.26. The van der Waals surface area contributed by atoms with Crippen molar-refractivity contribution >= 4 is 11.0 Å². The molecule has 0 saturated carbocycles. The van der Waals surface area contributed by atoms with Crippen molar-refractivity contribution in [1.82, 2.24) is 9.55 Å². The number of para-hydroxylation sites is 1. The van der Waals surface area contributed by atoms with E-state index >= 15 is 0 Å². The van der Waals surface area contributed by atoms with Crippen LogP contribution in [0.2, 0.25) is 0 Å². The second kappa shape index (κ2) is 3.92. The van der Waals surface area contributed by atoms with E-state index in [1.165, 1.54) is 0 Å². The average Bonchev–Trinajstić information content (AvgIpc) is 2.93. The summed E-state index contributed by atoms with van der Waals surface area (Å²) in [5.41, 5.74) is 1.54. The molecule has 5 nitrogen and oxygen atoms in total. The zero-order chi connectivity index (χ0) is 11.8. The molecule has 0 amide bonds. The monoisotopic (exact) mass is 234 g/mol. The van der Waals surface area contributed by atoms with Crippen LogP contribution in [-0.4, -0.2) is 29.9 Å². The van der Waals surface area contributed by atoms with E-state index in [1.807, 2.05) is 18.2 Å². The Morgan fingerprint density at radius 1 is 1.53 bits per heavy atom. The van der Waals surface area contributed by atoms with Gasteiger partial charge in [0.2, 0.25) is 0 Å². The maximum Gasteiger partial charge on any atom is 0.326 e. The third kappa shape index (κ3) is 1.54. The summed E-state index contributed by atoms with van der Waals surface area (Å²) in [7, 11) is 1.60. The maximum atomic E-state index is 12.0. The Hall–Kier alpha value is -1.75. The summed E-state index contributed by atoms with van der Waals surface area (Å²) in [6.45, 7) is 1.32. The van der Waals surface area contributed by atoms with Crippen LogP contribution in [0.1, 0.15) is 12.5 Å². The van der Waals surface area contributed by atoms with Crippen LogP contribution in [0.5, 0.6) is 5.75 Å². The van der Waals surface area contributed by atoms with Gasteiger partial charge in [-0.05, 0) is 18.6 Å². The number of H-pyrrole nitrogens is 1. The predicted octanol–water partition coefficient (Wildman–Crippen LogP) is 1.30. The lowest BCUT2D eigenvalue weighted by atomic mass is 10.2. The minimum Gasteiger partial charge on any atom is -0.494 e. The number of aromatic amines is 1. The second-order valence-electron chi connectivity index (χ2n) is 4.17. The van der Waals surface area contributed by atoms with Crippen molar-refractivity contribution in [2.75, 3.05) is 20.3 Å².